The first kappa shape index (κ1) is 23.4. The number of anilines is 1. The maximum absolute atomic E-state index is 11.6. The number of aromatic nitrogens is 2. The summed E-state index contributed by atoms with van der Waals surface area (Å²) in [6, 6.07) is 14.5. The molecule has 0 saturated carbocycles. The molecule has 1 unspecified atom stereocenters. The summed E-state index contributed by atoms with van der Waals surface area (Å²) >= 11 is 0. The summed E-state index contributed by atoms with van der Waals surface area (Å²) in [4.78, 5) is 11.6. The number of hydrogen-bond donors (Lipinski definition) is 3. The van der Waals surface area contributed by atoms with Crippen LogP contribution < -0.4 is 16.5 Å². The molecule has 1 aromatic heterocycles. The lowest BCUT2D eigenvalue weighted by Crippen LogP contribution is -2.35. The van der Waals surface area contributed by atoms with Gasteiger partial charge in [-0.2, -0.15) is 5.10 Å². The Hall–Kier alpha value is -3.78. The van der Waals surface area contributed by atoms with Crippen molar-refractivity contribution in [1.82, 2.24) is 20.2 Å². The highest BCUT2D eigenvalue weighted by Gasteiger charge is 2.27. The number of esters is 1. The fourth-order valence-corrected chi connectivity index (χ4v) is 4.45. The van der Waals surface area contributed by atoms with E-state index in [1.807, 2.05) is 62.4 Å². The molecule has 0 bridgehead atoms. The Kier molecular flexibility index (Phi) is 6.88. The first-order chi connectivity index (χ1) is 16.4. The van der Waals surface area contributed by atoms with Crippen LogP contribution in [0.1, 0.15) is 36.1 Å². The second-order valence-corrected chi connectivity index (χ2v) is 8.55. The molecular formula is C26H32N6O2. The van der Waals surface area contributed by atoms with E-state index in [0.29, 0.717) is 0 Å². The Bertz CT molecular complexity index is 1190. The van der Waals surface area contributed by atoms with Gasteiger partial charge >= 0.3 is 5.97 Å². The molecule has 4 rings (SSSR count). The molecule has 0 spiro atoms. The summed E-state index contributed by atoms with van der Waals surface area (Å²) in [6.45, 7) is 2.72. The molecule has 8 heteroatoms. The van der Waals surface area contributed by atoms with Crippen LogP contribution in [-0.2, 0) is 23.0 Å². The van der Waals surface area contributed by atoms with Crippen LogP contribution in [-0.4, -0.2) is 41.5 Å². The second-order valence-electron chi connectivity index (χ2n) is 8.55. The van der Waals surface area contributed by atoms with Crippen LogP contribution in [0.3, 0.4) is 0 Å². The number of carbonyl (C=O) groups is 1. The van der Waals surface area contributed by atoms with Crippen LogP contribution in [0.15, 0.2) is 60.6 Å². The molecule has 0 saturated heterocycles. The van der Waals surface area contributed by atoms with Crippen LogP contribution in [0.25, 0.3) is 16.8 Å². The van der Waals surface area contributed by atoms with E-state index >= 15 is 0 Å². The summed E-state index contributed by atoms with van der Waals surface area (Å²) in [6.07, 6.45) is 5.03. The minimum Gasteiger partial charge on any atom is -0.469 e. The number of nitrogens with two attached hydrogens (primary N) is 1. The Morgan fingerprint density at radius 1 is 1.21 bits per heavy atom. The van der Waals surface area contributed by atoms with Crippen molar-refractivity contribution < 1.29 is 9.53 Å². The van der Waals surface area contributed by atoms with Gasteiger partial charge in [0.1, 0.15) is 0 Å². The molecule has 2 aromatic carbocycles. The Morgan fingerprint density at radius 3 is 2.59 bits per heavy atom. The average molecular weight is 461 g/mol. The van der Waals surface area contributed by atoms with Crippen LogP contribution in [0, 0.1) is 0 Å². The summed E-state index contributed by atoms with van der Waals surface area (Å²) in [5, 5.41) is 10.1. The van der Waals surface area contributed by atoms with Crippen LogP contribution in [0.2, 0.25) is 0 Å². The van der Waals surface area contributed by atoms with Crippen LogP contribution in [0.5, 0.6) is 0 Å². The first-order valence-electron chi connectivity index (χ1n) is 11.4. The zero-order chi connectivity index (χ0) is 24.2. The lowest BCUT2D eigenvalue weighted by Gasteiger charge is -2.26. The zero-order valence-electron chi connectivity index (χ0n) is 20.1. The average Bonchev–Trinajstić information content (AvgIpc) is 3.20. The van der Waals surface area contributed by atoms with Crippen molar-refractivity contribution in [3.8, 4) is 11.1 Å². The maximum atomic E-state index is 11.6. The lowest BCUT2D eigenvalue weighted by molar-refractivity contribution is -0.139. The molecule has 178 valence electrons. The van der Waals surface area contributed by atoms with Gasteiger partial charge in [0.15, 0.2) is 0 Å². The van der Waals surface area contributed by atoms with E-state index in [1.165, 1.54) is 12.7 Å². The minimum atomic E-state index is -0.245. The molecule has 3 aromatic rings. The van der Waals surface area contributed by atoms with E-state index in [4.69, 9.17) is 10.5 Å². The van der Waals surface area contributed by atoms with E-state index in [-0.39, 0.29) is 18.4 Å². The normalized spacial score (nSPS) is 17.1. The molecule has 0 fully saturated rings. The first-order valence-corrected chi connectivity index (χ1v) is 11.4. The third-order valence-corrected chi connectivity index (χ3v) is 6.15. The van der Waals surface area contributed by atoms with Crippen LogP contribution in [0.4, 0.5) is 5.69 Å². The molecule has 4 N–H and O–H groups in total. The van der Waals surface area contributed by atoms with Crippen molar-refractivity contribution in [2.45, 2.75) is 25.8 Å². The highest BCUT2D eigenvalue weighted by atomic mass is 16.5. The largest absolute Gasteiger partial charge is 0.469 e. The number of aryl methyl sites for hydroxylation is 1. The summed E-state index contributed by atoms with van der Waals surface area (Å²) in [7, 11) is 5.24. The molecular weight excluding hydrogens is 428 g/mol. The highest BCUT2D eigenvalue weighted by Crippen LogP contribution is 2.37. The third kappa shape index (κ3) is 4.92. The number of fused-ring (bicyclic) bond motifs is 1. The van der Waals surface area contributed by atoms with E-state index < -0.39 is 0 Å². The Morgan fingerprint density at radius 2 is 1.97 bits per heavy atom. The van der Waals surface area contributed by atoms with Crippen molar-refractivity contribution in [2.75, 3.05) is 26.0 Å². The van der Waals surface area contributed by atoms with Gasteiger partial charge in [-0.3, -0.25) is 9.48 Å². The standard InChI is InChI=1S/C26H32N6O2/c1-17(27)26-22-10-7-19(20-15-29-31(3)16-20)14-23(22)24(11-12-32(26)28-2)30-21-8-5-18(6-9-21)13-25(33)34-4/h5-10,14-16,24,28,30H,11-13,27H2,1-4H3/b26-17-. The third-order valence-electron chi connectivity index (χ3n) is 6.15. The number of nitrogens with zero attached hydrogens (tertiary/aromatic N) is 3. The quantitative estimate of drug-likeness (QED) is 0.485. The zero-order valence-corrected chi connectivity index (χ0v) is 20.1. The fourth-order valence-electron chi connectivity index (χ4n) is 4.45. The Labute approximate surface area is 200 Å². The summed E-state index contributed by atoms with van der Waals surface area (Å²) in [5.41, 5.74) is 17.8. The van der Waals surface area contributed by atoms with Gasteiger partial charge < -0.3 is 20.8 Å². The van der Waals surface area contributed by atoms with E-state index in [0.717, 1.165) is 52.3 Å². The van der Waals surface area contributed by atoms with Gasteiger partial charge in [-0.05, 0) is 48.2 Å². The molecule has 34 heavy (non-hydrogen) atoms. The smallest absolute Gasteiger partial charge is 0.309 e. The highest BCUT2D eigenvalue weighted by molar-refractivity contribution is 5.75. The molecule has 8 nitrogen and oxygen atoms in total. The van der Waals surface area contributed by atoms with Gasteiger partial charge in [-0.1, -0.05) is 24.3 Å². The van der Waals surface area contributed by atoms with Crippen LogP contribution >= 0.6 is 0 Å². The number of hydrogen-bond acceptors (Lipinski definition) is 7. The van der Waals surface area contributed by atoms with Crippen molar-refractivity contribution in [2.24, 2.45) is 12.8 Å². The molecule has 0 amide bonds. The second kappa shape index (κ2) is 10.0. The minimum absolute atomic E-state index is 0.0609. The number of carbonyl (C=O) groups excluding carboxylic acids is 1. The molecule has 0 aliphatic carbocycles. The van der Waals surface area contributed by atoms with Gasteiger partial charge in [0.2, 0.25) is 0 Å². The van der Waals surface area contributed by atoms with Gasteiger partial charge in [-0.15, -0.1) is 0 Å². The van der Waals surface area contributed by atoms with Gasteiger partial charge in [-0.25, -0.2) is 5.43 Å². The van der Waals surface area contributed by atoms with Gasteiger partial charge in [0.25, 0.3) is 0 Å². The monoisotopic (exact) mass is 460 g/mol. The number of methoxy groups -OCH3 is 1. The molecule has 0 radical (unpaired) electrons. The Balaban J connectivity index is 1.72. The van der Waals surface area contributed by atoms with Gasteiger partial charge in [0, 0.05) is 49.3 Å². The van der Waals surface area contributed by atoms with Crippen molar-refractivity contribution in [3.63, 3.8) is 0 Å². The predicted octanol–water partition coefficient (Wildman–Crippen LogP) is 3.44. The summed E-state index contributed by atoms with van der Waals surface area (Å²) in [5.74, 6) is -0.245. The number of hydrazine groups is 1. The predicted molar refractivity (Wildman–Crippen MR) is 134 cm³/mol. The summed E-state index contributed by atoms with van der Waals surface area (Å²) < 4.78 is 6.58. The van der Waals surface area contributed by atoms with E-state index in [2.05, 4.69) is 39.0 Å². The van der Waals surface area contributed by atoms with Crippen molar-refractivity contribution >= 4 is 17.4 Å². The number of allylic oxidation sites excluding steroid dienone is 1. The van der Waals surface area contributed by atoms with Crippen molar-refractivity contribution in [3.05, 3.63) is 77.2 Å². The molecule has 1 atom stereocenters. The number of rotatable bonds is 6. The number of ether oxygens (including phenoxy) is 1. The number of benzene rings is 2. The maximum Gasteiger partial charge on any atom is 0.309 e. The lowest BCUT2D eigenvalue weighted by atomic mass is 9.93. The topological polar surface area (TPSA) is 97.4 Å². The molecule has 2 heterocycles. The molecule has 1 aliphatic rings. The SMILES string of the molecule is CNN1CCC(Nc2ccc(CC(=O)OC)cc2)c2cc(-c3cnn(C)c3)ccc2/C1=C(\C)N. The number of nitrogens with one attached hydrogen (secondary N) is 2. The fraction of sp³-hybridized carbons (Fsp3) is 0.308. The van der Waals surface area contributed by atoms with E-state index in [1.54, 1.807) is 0 Å². The van der Waals surface area contributed by atoms with Crippen molar-refractivity contribution in [1.29, 1.82) is 0 Å². The van der Waals surface area contributed by atoms with E-state index in [9.17, 15) is 4.79 Å². The molecule has 1 aliphatic heterocycles. The van der Waals surface area contributed by atoms with Gasteiger partial charge in [0.05, 0.1) is 31.5 Å².